The van der Waals surface area contributed by atoms with Crippen molar-refractivity contribution in [3.8, 4) is 0 Å². The van der Waals surface area contributed by atoms with Crippen molar-refractivity contribution in [2.24, 2.45) is 0 Å². The van der Waals surface area contributed by atoms with E-state index < -0.39 is 7.60 Å². The average Bonchev–Trinajstić information content (AvgIpc) is 2.30. The molecule has 0 saturated heterocycles. The fourth-order valence-corrected chi connectivity index (χ4v) is 2.89. The Morgan fingerprint density at radius 1 is 1.24 bits per heavy atom. The van der Waals surface area contributed by atoms with Crippen LogP contribution in [0.1, 0.15) is 19.5 Å². The lowest BCUT2D eigenvalue weighted by Crippen LogP contribution is -2.02. The number of aromatic nitrogens is 2. The van der Waals surface area contributed by atoms with Gasteiger partial charge < -0.3 is 14.4 Å². The van der Waals surface area contributed by atoms with Crippen molar-refractivity contribution in [2.75, 3.05) is 25.6 Å². The summed E-state index contributed by atoms with van der Waals surface area (Å²) >= 11 is 0. The molecular formula is C10H18N3O3P. The zero-order valence-electron chi connectivity index (χ0n) is 10.3. The number of nitrogens with one attached hydrogen (secondary N) is 1. The minimum atomic E-state index is -3.09. The molecule has 0 aromatic carbocycles. The van der Waals surface area contributed by atoms with E-state index in [9.17, 15) is 4.57 Å². The molecule has 0 spiro atoms. The van der Waals surface area contributed by atoms with Crippen LogP contribution in [-0.2, 0) is 19.8 Å². The third-order valence-corrected chi connectivity index (χ3v) is 3.98. The highest BCUT2D eigenvalue weighted by Gasteiger charge is 2.24. The Hall–Kier alpha value is -0.970. The van der Waals surface area contributed by atoms with Gasteiger partial charge in [-0.05, 0) is 13.8 Å². The first-order chi connectivity index (χ1) is 8.13. The van der Waals surface area contributed by atoms with Crippen LogP contribution in [0, 0.1) is 0 Å². The topological polar surface area (TPSA) is 73.3 Å². The normalized spacial score (nSPS) is 11.5. The van der Waals surface area contributed by atoms with E-state index in [4.69, 9.17) is 9.05 Å². The molecule has 7 heteroatoms. The molecule has 6 nitrogen and oxygen atoms in total. The maximum absolute atomic E-state index is 12.2. The van der Waals surface area contributed by atoms with Gasteiger partial charge in [-0.2, -0.15) is 0 Å². The summed E-state index contributed by atoms with van der Waals surface area (Å²) in [5, 5.41) is 2.86. The molecule has 0 aliphatic heterocycles. The van der Waals surface area contributed by atoms with E-state index in [-0.39, 0.29) is 6.16 Å². The molecule has 0 aliphatic rings. The van der Waals surface area contributed by atoms with Gasteiger partial charge in [-0.25, -0.2) is 4.98 Å². The van der Waals surface area contributed by atoms with Crippen LogP contribution in [-0.4, -0.2) is 30.2 Å². The van der Waals surface area contributed by atoms with Crippen LogP contribution in [0.4, 0.5) is 5.82 Å². The largest absolute Gasteiger partial charge is 0.372 e. The van der Waals surface area contributed by atoms with Crippen molar-refractivity contribution < 1.29 is 13.6 Å². The average molecular weight is 259 g/mol. The quantitative estimate of drug-likeness (QED) is 0.757. The van der Waals surface area contributed by atoms with Gasteiger partial charge in [0.25, 0.3) is 0 Å². The van der Waals surface area contributed by atoms with Gasteiger partial charge in [-0.3, -0.25) is 9.55 Å². The summed E-state index contributed by atoms with van der Waals surface area (Å²) in [5.74, 6) is 0.663. The van der Waals surface area contributed by atoms with E-state index in [1.165, 1.54) is 0 Å². The lowest BCUT2D eigenvalue weighted by Gasteiger charge is -2.16. The minimum absolute atomic E-state index is 0.145. The van der Waals surface area contributed by atoms with Crippen LogP contribution in [0.3, 0.4) is 0 Å². The van der Waals surface area contributed by atoms with Crippen LogP contribution < -0.4 is 5.32 Å². The van der Waals surface area contributed by atoms with Crippen molar-refractivity contribution in [1.82, 2.24) is 9.97 Å². The SMILES string of the molecule is CCOP(=O)(Cc1cnc(NC)cn1)OCC. The van der Waals surface area contributed by atoms with Crippen molar-refractivity contribution in [1.29, 1.82) is 0 Å². The zero-order chi connectivity index (χ0) is 12.7. The predicted octanol–water partition coefficient (Wildman–Crippen LogP) is 2.28. The highest BCUT2D eigenvalue weighted by atomic mass is 31.2. The highest BCUT2D eigenvalue weighted by molar-refractivity contribution is 7.53. The fourth-order valence-electron chi connectivity index (χ4n) is 1.29. The van der Waals surface area contributed by atoms with Crippen molar-refractivity contribution in [2.45, 2.75) is 20.0 Å². The standard InChI is InChI=1S/C10H18N3O3P/c1-4-15-17(14,16-5-2)8-9-6-13-10(11-3)7-12-9/h6-7H,4-5,8H2,1-3H3,(H,11,13). The van der Waals surface area contributed by atoms with Crippen molar-refractivity contribution >= 4 is 13.4 Å². The van der Waals surface area contributed by atoms with Crippen LogP contribution in [0.5, 0.6) is 0 Å². The molecular weight excluding hydrogens is 241 g/mol. The number of hydrogen-bond donors (Lipinski definition) is 1. The molecule has 0 amide bonds. The number of nitrogens with zero attached hydrogens (tertiary/aromatic N) is 2. The monoisotopic (exact) mass is 259 g/mol. The van der Waals surface area contributed by atoms with E-state index in [1.807, 2.05) is 0 Å². The molecule has 1 rings (SSSR count). The molecule has 0 fully saturated rings. The Balaban J connectivity index is 2.75. The van der Waals surface area contributed by atoms with E-state index in [2.05, 4.69) is 15.3 Å². The molecule has 0 bridgehead atoms. The van der Waals surface area contributed by atoms with Gasteiger partial charge in [0.2, 0.25) is 0 Å². The number of hydrogen-bond acceptors (Lipinski definition) is 6. The van der Waals surface area contributed by atoms with E-state index in [0.29, 0.717) is 24.7 Å². The summed E-state index contributed by atoms with van der Waals surface area (Å²) < 4.78 is 22.6. The Morgan fingerprint density at radius 3 is 2.29 bits per heavy atom. The summed E-state index contributed by atoms with van der Waals surface area (Å²) in [4.78, 5) is 8.24. The molecule has 1 N–H and O–H groups in total. The van der Waals surface area contributed by atoms with Crippen LogP contribution in [0.25, 0.3) is 0 Å². The van der Waals surface area contributed by atoms with Gasteiger partial charge in [-0.15, -0.1) is 0 Å². The summed E-state index contributed by atoms with van der Waals surface area (Å²) in [6.07, 6.45) is 3.29. The number of anilines is 1. The minimum Gasteiger partial charge on any atom is -0.372 e. The molecule has 0 aliphatic carbocycles. The molecule has 1 heterocycles. The number of rotatable bonds is 7. The van der Waals surface area contributed by atoms with Crippen molar-refractivity contribution in [3.05, 3.63) is 18.1 Å². The lowest BCUT2D eigenvalue weighted by molar-refractivity contribution is 0.219. The summed E-state index contributed by atoms with van der Waals surface area (Å²) in [6.45, 7) is 4.25. The van der Waals surface area contributed by atoms with E-state index in [0.717, 1.165) is 0 Å². The first-order valence-electron chi connectivity index (χ1n) is 5.50. The summed E-state index contributed by atoms with van der Waals surface area (Å²) in [5.41, 5.74) is 0.592. The second kappa shape index (κ2) is 6.69. The third kappa shape index (κ3) is 4.42. The Bertz CT molecular complexity index is 373. The van der Waals surface area contributed by atoms with Crippen LogP contribution in [0.15, 0.2) is 12.4 Å². The van der Waals surface area contributed by atoms with Gasteiger partial charge >= 0.3 is 7.60 Å². The lowest BCUT2D eigenvalue weighted by atomic mass is 10.5. The molecule has 0 radical (unpaired) electrons. The first kappa shape index (κ1) is 14.1. The summed E-state index contributed by atoms with van der Waals surface area (Å²) in [7, 11) is -1.33. The van der Waals surface area contributed by atoms with E-state index >= 15 is 0 Å². The Morgan fingerprint density at radius 2 is 1.88 bits per heavy atom. The van der Waals surface area contributed by atoms with Gasteiger partial charge in [0.15, 0.2) is 0 Å². The van der Waals surface area contributed by atoms with Gasteiger partial charge in [-0.1, -0.05) is 0 Å². The maximum Gasteiger partial charge on any atom is 0.336 e. The highest BCUT2D eigenvalue weighted by Crippen LogP contribution is 2.50. The third-order valence-electron chi connectivity index (χ3n) is 1.97. The maximum atomic E-state index is 12.2. The smallest absolute Gasteiger partial charge is 0.336 e. The molecule has 1 aromatic heterocycles. The molecule has 0 unspecified atom stereocenters. The van der Waals surface area contributed by atoms with Crippen molar-refractivity contribution in [3.63, 3.8) is 0 Å². The molecule has 1 aromatic rings. The molecule has 0 saturated carbocycles. The second-order valence-corrected chi connectivity index (χ2v) is 5.30. The van der Waals surface area contributed by atoms with Gasteiger partial charge in [0, 0.05) is 7.05 Å². The van der Waals surface area contributed by atoms with Gasteiger partial charge in [0.1, 0.15) is 5.82 Å². The molecule has 17 heavy (non-hydrogen) atoms. The van der Waals surface area contributed by atoms with E-state index in [1.54, 1.807) is 33.3 Å². The van der Waals surface area contributed by atoms with Gasteiger partial charge in [0.05, 0.1) is 37.5 Å². The Labute approximate surface area is 101 Å². The predicted molar refractivity (Wildman–Crippen MR) is 66.1 cm³/mol. The van der Waals surface area contributed by atoms with Crippen LogP contribution >= 0.6 is 7.60 Å². The summed E-state index contributed by atoms with van der Waals surface area (Å²) in [6, 6.07) is 0. The molecule has 0 atom stereocenters. The first-order valence-corrected chi connectivity index (χ1v) is 7.23. The Kier molecular flexibility index (Phi) is 5.55. The molecule has 96 valence electrons. The second-order valence-electron chi connectivity index (χ2n) is 3.25. The fraction of sp³-hybridized carbons (Fsp3) is 0.600. The van der Waals surface area contributed by atoms with Crippen LogP contribution in [0.2, 0.25) is 0 Å². The zero-order valence-corrected chi connectivity index (χ0v) is 11.2.